The number of nitrogens with one attached hydrogen (secondary N) is 1. The molecule has 2 rings (SSSR count). The first-order chi connectivity index (χ1) is 9.88. The summed E-state index contributed by atoms with van der Waals surface area (Å²) in [5.74, 6) is 0.413. The molecule has 1 N–H and O–H groups in total. The van der Waals surface area contributed by atoms with E-state index in [4.69, 9.17) is 11.6 Å². The first-order valence-electron chi connectivity index (χ1n) is 6.79. The van der Waals surface area contributed by atoms with Gasteiger partial charge in [-0.3, -0.25) is 4.79 Å². The minimum Gasteiger partial charge on any atom is -0.320 e. The maximum atomic E-state index is 12.4. The normalized spacial score (nSPS) is 10.8. The van der Waals surface area contributed by atoms with Crippen LogP contribution in [0.25, 0.3) is 0 Å². The zero-order valence-electron chi connectivity index (χ0n) is 12.6. The maximum absolute atomic E-state index is 12.4. The largest absolute Gasteiger partial charge is 0.320 e. The summed E-state index contributed by atoms with van der Waals surface area (Å²) in [5, 5.41) is 3.10. The van der Waals surface area contributed by atoms with Crippen molar-refractivity contribution in [3.05, 3.63) is 52.1 Å². The third kappa shape index (κ3) is 3.58. The lowest BCUT2D eigenvalue weighted by Crippen LogP contribution is -2.17. The van der Waals surface area contributed by atoms with E-state index >= 15 is 0 Å². The van der Waals surface area contributed by atoms with Crippen LogP contribution in [-0.2, 0) is 0 Å². The Balaban J connectivity index is 2.30. The van der Waals surface area contributed by atoms with Crippen molar-refractivity contribution in [2.45, 2.75) is 33.6 Å². The molecule has 4 nitrogen and oxygen atoms in total. The monoisotopic (exact) mass is 303 g/mol. The van der Waals surface area contributed by atoms with Crippen molar-refractivity contribution in [3.63, 3.8) is 0 Å². The van der Waals surface area contributed by atoms with Crippen molar-refractivity contribution in [2.24, 2.45) is 0 Å². The molecule has 0 radical (unpaired) electrons. The van der Waals surface area contributed by atoms with Gasteiger partial charge in [-0.1, -0.05) is 43.1 Å². The van der Waals surface area contributed by atoms with E-state index in [-0.39, 0.29) is 22.5 Å². The number of amides is 1. The van der Waals surface area contributed by atoms with Gasteiger partial charge in [0, 0.05) is 11.6 Å². The molecule has 110 valence electrons. The number of nitrogens with zero attached hydrogens (tertiary/aromatic N) is 2. The molecule has 1 heterocycles. The van der Waals surface area contributed by atoms with Gasteiger partial charge in [0.15, 0.2) is 5.69 Å². The average molecular weight is 304 g/mol. The van der Waals surface area contributed by atoms with Crippen molar-refractivity contribution in [2.75, 3.05) is 5.32 Å². The minimum absolute atomic E-state index is 0.134. The van der Waals surface area contributed by atoms with E-state index < -0.39 is 0 Å². The Kier molecular flexibility index (Phi) is 4.58. The fourth-order valence-electron chi connectivity index (χ4n) is 1.95. The molecule has 0 fully saturated rings. The van der Waals surface area contributed by atoms with Gasteiger partial charge in [0.2, 0.25) is 0 Å². The van der Waals surface area contributed by atoms with Gasteiger partial charge in [0.1, 0.15) is 5.82 Å². The minimum atomic E-state index is -0.323. The summed E-state index contributed by atoms with van der Waals surface area (Å²) in [6, 6.07) is 5.83. The molecule has 1 aromatic carbocycles. The van der Waals surface area contributed by atoms with Crippen molar-refractivity contribution < 1.29 is 4.79 Å². The number of aromatic nitrogens is 2. The summed E-state index contributed by atoms with van der Waals surface area (Å²) in [7, 11) is 0. The van der Waals surface area contributed by atoms with E-state index in [0.717, 1.165) is 16.8 Å². The van der Waals surface area contributed by atoms with Crippen LogP contribution in [0.3, 0.4) is 0 Å². The molecule has 1 aromatic heterocycles. The summed E-state index contributed by atoms with van der Waals surface area (Å²) in [6.45, 7) is 7.89. The summed E-state index contributed by atoms with van der Waals surface area (Å²) in [6.07, 6.45) is 1.47. The highest BCUT2D eigenvalue weighted by molar-refractivity contribution is 6.33. The van der Waals surface area contributed by atoms with E-state index in [1.807, 2.05) is 45.9 Å². The highest BCUT2D eigenvalue weighted by Crippen LogP contribution is 2.20. The van der Waals surface area contributed by atoms with Crippen LogP contribution in [0.15, 0.2) is 24.4 Å². The number of hydrogen-bond acceptors (Lipinski definition) is 3. The molecular weight excluding hydrogens is 286 g/mol. The number of carbonyl (C=O) groups excluding carboxylic acids is 1. The molecule has 0 unspecified atom stereocenters. The Labute approximate surface area is 129 Å². The predicted octanol–water partition coefficient (Wildman–Crippen LogP) is 4.12. The van der Waals surface area contributed by atoms with Crippen LogP contribution >= 0.6 is 11.6 Å². The Bertz CT molecular complexity index is 683. The lowest BCUT2D eigenvalue weighted by atomic mass is 10.1. The van der Waals surface area contributed by atoms with Gasteiger partial charge in [-0.05, 0) is 25.5 Å². The first kappa shape index (κ1) is 15.4. The molecule has 0 spiro atoms. The molecule has 0 saturated carbocycles. The van der Waals surface area contributed by atoms with Gasteiger partial charge in [-0.2, -0.15) is 0 Å². The zero-order valence-corrected chi connectivity index (χ0v) is 13.3. The van der Waals surface area contributed by atoms with Crippen molar-refractivity contribution in [1.82, 2.24) is 9.97 Å². The third-order valence-electron chi connectivity index (χ3n) is 3.12. The summed E-state index contributed by atoms with van der Waals surface area (Å²) in [4.78, 5) is 20.8. The Morgan fingerprint density at radius 1 is 1.29 bits per heavy atom. The molecule has 0 saturated heterocycles. The van der Waals surface area contributed by atoms with E-state index in [9.17, 15) is 4.79 Å². The fourth-order valence-corrected chi connectivity index (χ4v) is 2.13. The quantitative estimate of drug-likeness (QED) is 0.928. The number of carbonyl (C=O) groups is 1. The second-order valence-electron chi connectivity index (χ2n) is 5.35. The van der Waals surface area contributed by atoms with Crippen molar-refractivity contribution in [1.29, 1.82) is 0 Å². The number of rotatable bonds is 3. The zero-order chi connectivity index (χ0) is 15.6. The van der Waals surface area contributed by atoms with Crippen LogP contribution in [0.4, 0.5) is 5.69 Å². The second-order valence-corrected chi connectivity index (χ2v) is 5.76. The third-order valence-corrected chi connectivity index (χ3v) is 3.40. The lowest BCUT2D eigenvalue weighted by Gasteiger charge is -2.11. The predicted molar refractivity (Wildman–Crippen MR) is 85.0 cm³/mol. The molecular formula is C16H18ClN3O. The maximum Gasteiger partial charge on any atom is 0.275 e. The Morgan fingerprint density at radius 3 is 2.62 bits per heavy atom. The number of aryl methyl sites for hydroxylation is 2. The number of hydrogen-bond donors (Lipinski definition) is 1. The van der Waals surface area contributed by atoms with Crippen LogP contribution in [0.5, 0.6) is 0 Å². The fraction of sp³-hybridized carbons (Fsp3) is 0.312. The van der Waals surface area contributed by atoms with Crippen molar-refractivity contribution in [3.8, 4) is 0 Å². The van der Waals surface area contributed by atoms with E-state index in [1.54, 1.807) is 0 Å². The standard InChI is InChI=1S/C16H18ClN3O/c1-9(2)15-18-8-12(17)14(20-15)16(21)19-13-6-5-10(3)7-11(13)4/h5-9H,1-4H3,(H,19,21). The van der Waals surface area contributed by atoms with Gasteiger partial charge in [0.25, 0.3) is 5.91 Å². The van der Waals surface area contributed by atoms with E-state index in [0.29, 0.717) is 5.82 Å². The van der Waals surface area contributed by atoms with Crippen LogP contribution in [0, 0.1) is 13.8 Å². The van der Waals surface area contributed by atoms with E-state index in [2.05, 4.69) is 15.3 Å². The van der Waals surface area contributed by atoms with Gasteiger partial charge in [-0.15, -0.1) is 0 Å². The molecule has 0 atom stereocenters. The van der Waals surface area contributed by atoms with Gasteiger partial charge < -0.3 is 5.32 Å². The lowest BCUT2D eigenvalue weighted by molar-refractivity contribution is 0.102. The Hall–Kier alpha value is -1.94. The van der Waals surface area contributed by atoms with Gasteiger partial charge >= 0.3 is 0 Å². The van der Waals surface area contributed by atoms with Crippen LogP contribution in [-0.4, -0.2) is 15.9 Å². The molecule has 0 aliphatic heterocycles. The smallest absolute Gasteiger partial charge is 0.275 e. The SMILES string of the molecule is Cc1ccc(NC(=O)c2nc(C(C)C)ncc2Cl)c(C)c1. The molecule has 0 bridgehead atoms. The molecule has 0 aliphatic rings. The topological polar surface area (TPSA) is 54.9 Å². The van der Waals surface area contributed by atoms with Gasteiger partial charge in [-0.25, -0.2) is 9.97 Å². The van der Waals surface area contributed by atoms with Crippen LogP contribution in [0.1, 0.15) is 47.2 Å². The van der Waals surface area contributed by atoms with Gasteiger partial charge in [0.05, 0.1) is 11.2 Å². The summed E-state index contributed by atoms with van der Waals surface area (Å²) < 4.78 is 0. The number of benzene rings is 1. The second kappa shape index (κ2) is 6.22. The average Bonchev–Trinajstić information content (AvgIpc) is 2.42. The first-order valence-corrected chi connectivity index (χ1v) is 7.17. The highest BCUT2D eigenvalue weighted by Gasteiger charge is 2.16. The van der Waals surface area contributed by atoms with Crippen LogP contribution in [0.2, 0.25) is 5.02 Å². The molecule has 5 heteroatoms. The molecule has 21 heavy (non-hydrogen) atoms. The van der Waals surface area contributed by atoms with Crippen molar-refractivity contribution >= 4 is 23.2 Å². The number of anilines is 1. The summed E-state index contributed by atoms with van der Waals surface area (Å²) >= 11 is 6.04. The number of halogens is 1. The molecule has 2 aromatic rings. The van der Waals surface area contributed by atoms with E-state index in [1.165, 1.54) is 6.20 Å². The summed E-state index contributed by atoms with van der Waals surface area (Å²) in [5.41, 5.74) is 3.10. The van der Waals surface area contributed by atoms with Crippen LogP contribution < -0.4 is 5.32 Å². The highest BCUT2D eigenvalue weighted by atomic mass is 35.5. The Morgan fingerprint density at radius 2 is 2.00 bits per heavy atom. The molecule has 0 aliphatic carbocycles. The molecule has 1 amide bonds.